The molecule has 0 aromatic carbocycles. The molecule has 0 heterocycles. The van der Waals surface area contributed by atoms with Gasteiger partial charge in [0.05, 0.1) is 0 Å². The molecule has 0 aliphatic carbocycles. The van der Waals surface area contributed by atoms with Crippen molar-refractivity contribution in [2.75, 3.05) is 0 Å². The van der Waals surface area contributed by atoms with Gasteiger partial charge in [-0.05, 0) is 26.3 Å². The topological polar surface area (TPSA) is 0 Å². The van der Waals surface area contributed by atoms with Crippen molar-refractivity contribution in [3.63, 3.8) is 0 Å². The molecule has 0 radical (unpaired) electrons. The summed E-state index contributed by atoms with van der Waals surface area (Å²) in [6.07, 6.45) is 5.85. The lowest BCUT2D eigenvalue weighted by molar-refractivity contribution is 1.34. The van der Waals surface area contributed by atoms with E-state index < -0.39 is 0 Å². The summed E-state index contributed by atoms with van der Waals surface area (Å²) in [5, 5.41) is 0. The van der Waals surface area contributed by atoms with Crippen LogP contribution in [0, 0.1) is 0 Å². The fourth-order valence-electron chi connectivity index (χ4n) is 0.752. The molecule has 0 nitrogen and oxygen atoms in total. The van der Waals surface area contributed by atoms with E-state index in [0.29, 0.717) is 0 Å². The second-order valence-corrected chi connectivity index (χ2v) is 2.86. The molecule has 0 aliphatic heterocycles. The van der Waals surface area contributed by atoms with Crippen LogP contribution in [-0.2, 0) is 0 Å². The van der Waals surface area contributed by atoms with Crippen molar-refractivity contribution in [1.82, 2.24) is 0 Å². The molecule has 0 amide bonds. The number of hydrogen-bond acceptors (Lipinski definition) is 0. The van der Waals surface area contributed by atoms with Crippen molar-refractivity contribution in [3.05, 3.63) is 48.1 Å². The Kier molecular flexibility index (Phi) is 4.28. The molecule has 0 rings (SSSR count). The van der Waals surface area contributed by atoms with Gasteiger partial charge >= 0.3 is 0 Å². The minimum atomic E-state index is 1.08. The molecule has 0 heteroatoms. The molecule has 0 aromatic rings. The smallest absolute Gasteiger partial charge is 0.0234 e. The summed E-state index contributed by atoms with van der Waals surface area (Å²) in [5.41, 5.74) is 3.51. The minimum Gasteiger partial charge on any atom is -0.0990 e. The zero-order chi connectivity index (χ0) is 8.85. The maximum atomic E-state index is 3.87. The third-order valence-corrected chi connectivity index (χ3v) is 1.23. The second-order valence-electron chi connectivity index (χ2n) is 2.86. The molecule has 11 heavy (non-hydrogen) atoms. The van der Waals surface area contributed by atoms with Crippen LogP contribution >= 0.6 is 0 Å². The van der Waals surface area contributed by atoms with Crippen LogP contribution < -0.4 is 0 Å². The predicted octanol–water partition coefficient (Wildman–Crippen LogP) is 3.64. The first-order chi connectivity index (χ1) is 5.07. The fourth-order valence-corrected chi connectivity index (χ4v) is 0.752. The molecule has 0 fully saturated rings. The molecule has 60 valence electrons. The molecule has 0 spiro atoms. The van der Waals surface area contributed by atoms with E-state index in [4.69, 9.17) is 0 Å². The summed E-state index contributed by atoms with van der Waals surface area (Å²) < 4.78 is 0. The second kappa shape index (κ2) is 4.73. The third-order valence-electron chi connectivity index (χ3n) is 1.23. The molecule has 0 atom stereocenters. The van der Waals surface area contributed by atoms with E-state index in [1.54, 1.807) is 6.08 Å². The highest BCUT2D eigenvalue weighted by molar-refractivity contribution is 5.39. The largest absolute Gasteiger partial charge is 0.0990 e. The standard InChI is InChI=1S/C11H16/c1-6-7-11(10(4)5)8-9(2)3/h6-8H,1,4H2,2-3,5H3. The zero-order valence-electron chi connectivity index (χ0n) is 7.65. The highest BCUT2D eigenvalue weighted by atomic mass is 14.0. The van der Waals surface area contributed by atoms with Crippen molar-refractivity contribution in [3.8, 4) is 0 Å². The van der Waals surface area contributed by atoms with Crippen LogP contribution in [0.25, 0.3) is 0 Å². The number of rotatable bonds is 3. The van der Waals surface area contributed by atoms with Gasteiger partial charge in [-0.25, -0.2) is 0 Å². The lowest BCUT2D eigenvalue weighted by Crippen LogP contribution is -1.79. The van der Waals surface area contributed by atoms with Gasteiger partial charge in [0.25, 0.3) is 0 Å². The van der Waals surface area contributed by atoms with E-state index in [1.807, 2.05) is 13.0 Å². The Morgan fingerprint density at radius 1 is 1.18 bits per heavy atom. The fraction of sp³-hybridized carbons (Fsp3) is 0.273. The maximum absolute atomic E-state index is 3.87. The normalized spacial score (nSPS) is 10.6. The third kappa shape index (κ3) is 4.38. The van der Waals surface area contributed by atoms with Gasteiger partial charge in [0, 0.05) is 0 Å². The Morgan fingerprint density at radius 2 is 1.73 bits per heavy atom. The molecule has 0 saturated carbocycles. The molecule has 0 unspecified atom stereocenters. The first kappa shape index (κ1) is 9.96. The summed E-state index contributed by atoms with van der Waals surface area (Å²) in [4.78, 5) is 0. The molecule has 0 aliphatic rings. The van der Waals surface area contributed by atoms with Gasteiger partial charge in [-0.1, -0.05) is 42.5 Å². The van der Waals surface area contributed by atoms with Crippen LogP contribution in [0.1, 0.15) is 20.8 Å². The average molecular weight is 148 g/mol. The van der Waals surface area contributed by atoms with E-state index in [9.17, 15) is 0 Å². The lowest BCUT2D eigenvalue weighted by Gasteiger charge is -1.99. The van der Waals surface area contributed by atoms with Crippen LogP contribution in [-0.4, -0.2) is 0 Å². The lowest BCUT2D eigenvalue weighted by atomic mass is 10.1. The van der Waals surface area contributed by atoms with E-state index in [-0.39, 0.29) is 0 Å². The molecule has 0 bridgehead atoms. The minimum absolute atomic E-state index is 1.08. The first-order valence-electron chi connectivity index (χ1n) is 3.71. The monoisotopic (exact) mass is 148 g/mol. The van der Waals surface area contributed by atoms with Crippen LogP contribution in [0.15, 0.2) is 48.1 Å². The van der Waals surface area contributed by atoms with Gasteiger partial charge in [0.2, 0.25) is 0 Å². The average Bonchev–Trinajstić information content (AvgIpc) is 1.86. The van der Waals surface area contributed by atoms with Gasteiger partial charge in [0.15, 0.2) is 0 Å². The molecule has 0 N–H and O–H groups in total. The molecular weight excluding hydrogens is 132 g/mol. The van der Waals surface area contributed by atoms with Crippen molar-refractivity contribution in [2.24, 2.45) is 0 Å². The highest BCUT2D eigenvalue weighted by Gasteiger charge is 1.90. The Labute approximate surface area is 69.6 Å². The quantitative estimate of drug-likeness (QED) is 0.536. The van der Waals surface area contributed by atoms with Gasteiger partial charge in [-0.2, -0.15) is 0 Å². The van der Waals surface area contributed by atoms with Crippen LogP contribution in [0.2, 0.25) is 0 Å². The predicted molar refractivity (Wildman–Crippen MR) is 52.5 cm³/mol. The van der Waals surface area contributed by atoms with Crippen LogP contribution in [0.5, 0.6) is 0 Å². The van der Waals surface area contributed by atoms with E-state index in [2.05, 4.69) is 33.1 Å². The highest BCUT2D eigenvalue weighted by Crippen LogP contribution is 2.10. The molecule has 0 saturated heterocycles. The Hall–Kier alpha value is -1.04. The summed E-state index contributed by atoms with van der Waals surface area (Å²) in [6, 6.07) is 0. The first-order valence-corrected chi connectivity index (χ1v) is 3.71. The number of hydrogen-bond donors (Lipinski definition) is 0. The summed E-state index contributed by atoms with van der Waals surface area (Å²) in [7, 11) is 0. The zero-order valence-corrected chi connectivity index (χ0v) is 7.65. The number of allylic oxidation sites excluding steroid dienone is 6. The van der Waals surface area contributed by atoms with Gasteiger partial charge in [-0.3, -0.25) is 0 Å². The van der Waals surface area contributed by atoms with E-state index in [1.165, 1.54) is 5.57 Å². The van der Waals surface area contributed by atoms with E-state index >= 15 is 0 Å². The van der Waals surface area contributed by atoms with Gasteiger partial charge in [-0.15, -0.1) is 0 Å². The van der Waals surface area contributed by atoms with Crippen LogP contribution in [0.4, 0.5) is 0 Å². The Balaban J connectivity index is 4.63. The Bertz CT molecular complexity index is 210. The van der Waals surface area contributed by atoms with Crippen LogP contribution in [0.3, 0.4) is 0 Å². The maximum Gasteiger partial charge on any atom is -0.0234 e. The van der Waals surface area contributed by atoms with Crippen molar-refractivity contribution in [1.29, 1.82) is 0 Å². The van der Waals surface area contributed by atoms with Crippen molar-refractivity contribution < 1.29 is 0 Å². The molecule has 0 aromatic heterocycles. The van der Waals surface area contributed by atoms with Gasteiger partial charge in [0.1, 0.15) is 0 Å². The molecular formula is C11H16. The summed E-state index contributed by atoms with van der Waals surface area (Å²) in [6.45, 7) is 13.6. The van der Waals surface area contributed by atoms with Crippen molar-refractivity contribution in [2.45, 2.75) is 20.8 Å². The summed E-state index contributed by atoms with van der Waals surface area (Å²) in [5.74, 6) is 0. The SMILES string of the molecule is C=CC=C(C=C(C)C)C(=C)C. The van der Waals surface area contributed by atoms with Crippen molar-refractivity contribution >= 4 is 0 Å². The summed E-state index contributed by atoms with van der Waals surface area (Å²) >= 11 is 0. The Morgan fingerprint density at radius 3 is 2.00 bits per heavy atom. The van der Waals surface area contributed by atoms with Gasteiger partial charge < -0.3 is 0 Å². The van der Waals surface area contributed by atoms with E-state index in [0.717, 1.165) is 11.1 Å².